The summed E-state index contributed by atoms with van der Waals surface area (Å²) in [6.07, 6.45) is 5.76. The van der Waals surface area contributed by atoms with Crippen LogP contribution in [0.3, 0.4) is 0 Å². The van der Waals surface area contributed by atoms with Crippen LogP contribution in [-0.2, 0) is 4.79 Å². The normalized spacial score (nSPS) is 14.4. The van der Waals surface area contributed by atoms with Gasteiger partial charge < -0.3 is 5.32 Å². The second kappa shape index (κ2) is 5.72. The Morgan fingerprint density at radius 1 is 1.17 bits per heavy atom. The van der Waals surface area contributed by atoms with Crippen LogP contribution in [-0.4, -0.2) is 16.1 Å². The molecule has 4 nitrogen and oxygen atoms in total. The highest BCUT2D eigenvalue weighted by molar-refractivity contribution is 6.03. The maximum Gasteiger partial charge on any atom is 0.248 e. The molecule has 0 bridgehead atoms. The average Bonchev–Trinajstić information content (AvgIpc) is 3.34. The van der Waals surface area contributed by atoms with E-state index in [9.17, 15) is 4.79 Å². The number of rotatable bonds is 4. The van der Waals surface area contributed by atoms with Gasteiger partial charge in [-0.15, -0.1) is 0 Å². The molecule has 1 saturated carbocycles. The molecule has 114 valence electrons. The molecule has 1 aromatic heterocycles. The number of H-pyrrole nitrogens is 1. The van der Waals surface area contributed by atoms with Crippen LogP contribution in [0.25, 0.3) is 17.0 Å². The van der Waals surface area contributed by atoms with Crippen LogP contribution in [0, 0.1) is 0 Å². The van der Waals surface area contributed by atoms with Crippen molar-refractivity contribution in [3.63, 3.8) is 0 Å². The standard InChI is InChI=1S/C19H17N3O/c23-19(20-15-5-3-4-14(12-15)13-8-9-13)11-10-18-16-6-1-2-7-17(16)21-22-18/h1-7,10-13H,8-9H2,(H,20,23)(H,21,22). The first-order valence-corrected chi connectivity index (χ1v) is 7.82. The third-order valence-electron chi connectivity index (χ3n) is 4.10. The van der Waals surface area contributed by atoms with Gasteiger partial charge >= 0.3 is 0 Å². The Bertz CT molecular complexity index is 890. The van der Waals surface area contributed by atoms with Gasteiger partial charge in [0.05, 0.1) is 11.2 Å². The maximum absolute atomic E-state index is 12.1. The van der Waals surface area contributed by atoms with E-state index in [0.717, 1.165) is 22.3 Å². The topological polar surface area (TPSA) is 57.8 Å². The number of para-hydroxylation sites is 1. The van der Waals surface area contributed by atoms with Gasteiger partial charge in [-0.2, -0.15) is 5.10 Å². The first kappa shape index (κ1) is 13.8. The number of carbonyl (C=O) groups excluding carboxylic acids is 1. The van der Waals surface area contributed by atoms with E-state index in [1.54, 1.807) is 6.08 Å². The molecule has 1 fully saturated rings. The highest BCUT2D eigenvalue weighted by Gasteiger charge is 2.23. The van der Waals surface area contributed by atoms with E-state index >= 15 is 0 Å². The Balaban J connectivity index is 1.48. The van der Waals surface area contributed by atoms with Gasteiger partial charge in [0.2, 0.25) is 5.91 Å². The predicted octanol–water partition coefficient (Wildman–Crippen LogP) is 4.09. The van der Waals surface area contributed by atoms with E-state index in [0.29, 0.717) is 5.92 Å². The Kier molecular flexibility index (Phi) is 3.42. The highest BCUT2D eigenvalue weighted by atomic mass is 16.1. The zero-order valence-electron chi connectivity index (χ0n) is 12.6. The van der Waals surface area contributed by atoms with Crippen LogP contribution in [0.2, 0.25) is 0 Å². The summed E-state index contributed by atoms with van der Waals surface area (Å²) in [7, 11) is 0. The molecule has 0 aliphatic heterocycles. The van der Waals surface area contributed by atoms with E-state index in [2.05, 4.69) is 27.6 Å². The molecule has 0 atom stereocenters. The fourth-order valence-electron chi connectivity index (χ4n) is 2.74. The molecule has 0 radical (unpaired) electrons. The first-order valence-electron chi connectivity index (χ1n) is 7.82. The lowest BCUT2D eigenvalue weighted by molar-refractivity contribution is -0.111. The lowest BCUT2D eigenvalue weighted by Gasteiger charge is -2.04. The first-order chi connectivity index (χ1) is 11.3. The Morgan fingerprint density at radius 2 is 2.04 bits per heavy atom. The summed E-state index contributed by atoms with van der Waals surface area (Å²) in [5, 5.41) is 11.1. The predicted molar refractivity (Wildman–Crippen MR) is 92.2 cm³/mol. The molecule has 4 rings (SSSR count). The Labute approximate surface area is 134 Å². The van der Waals surface area contributed by atoms with Crippen LogP contribution in [0.4, 0.5) is 5.69 Å². The van der Waals surface area contributed by atoms with Crippen LogP contribution in [0.5, 0.6) is 0 Å². The van der Waals surface area contributed by atoms with Gasteiger partial charge in [0.25, 0.3) is 0 Å². The molecule has 1 aliphatic rings. The van der Waals surface area contributed by atoms with Crippen LogP contribution >= 0.6 is 0 Å². The molecule has 1 aliphatic carbocycles. The van der Waals surface area contributed by atoms with Crippen LogP contribution in [0.15, 0.2) is 54.6 Å². The van der Waals surface area contributed by atoms with Gasteiger partial charge in [0, 0.05) is 17.1 Å². The second-order valence-corrected chi connectivity index (χ2v) is 5.88. The Hall–Kier alpha value is -2.88. The molecule has 1 amide bonds. The zero-order chi connectivity index (χ0) is 15.6. The van der Waals surface area contributed by atoms with Crippen LogP contribution in [0.1, 0.15) is 30.0 Å². The molecular formula is C19H17N3O. The summed E-state index contributed by atoms with van der Waals surface area (Å²) in [5.41, 5.74) is 3.88. The summed E-state index contributed by atoms with van der Waals surface area (Å²) in [4.78, 5) is 12.1. The van der Waals surface area contributed by atoms with E-state index in [1.165, 1.54) is 24.5 Å². The number of carbonyl (C=O) groups is 1. The summed E-state index contributed by atoms with van der Waals surface area (Å²) in [6, 6.07) is 16.0. The van der Waals surface area contributed by atoms with Crippen LogP contribution < -0.4 is 5.32 Å². The lowest BCUT2D eigenvalue weighted by Crippen LogP contribution is -2.07. The number of anilines is 1. The van der Waals surface area contributed by atoms with Gasteiger partial charge in [0.15, 0.2) is 0 Å². The molecule has 0 unspecified atom stereocenters. The molecular weight excluding hydrogens is 286 g/mol. The summed E-state index contributed by atoms with van der Waals surface area (Å²) >= 11 is 0. The number of nitrogens with one attached hydrogen (secondary N) is 2. The zero-order valence-corrected chi connectivity index (χ0v) is 12.6. The molecule has 0 spiro atoms. The molecule has 23 heavy (non-hydrogen) atoms. The largest absolute Gasteiger partial charge is 0.323 e. The average molecular weight is 303 g/mol. The van der Waals surface area contributed by atoms with E-state index in [4.69, 9.17) is 0 Å². The van der Waals surface area contributed by atoms with E-state index in [1.807, 2.05) is 36.4 Å². The van der Waals surface area contributed by atoms with E-state index in [-0.39, 0.29) is 5.91 Å². The number of nitrogens with zero attached hydrogens (tertiary/aromatic N) is 1. The minimum absolute atomic E-state index is 0.148. The number of aromatic amines is 1. The summed E-state index contributed by atoms with van der Waals surface area (Å²) < 4.78 is 0. The fraction of sp³-hybridized carbons (Fsp3) is 0.158. The fourth-order valence-corrected chi connectivity index (χ4v) is 2.74. The summed E-state index contributed by atoms with van der Waals surface area (Å²) in [5.74, 6) is 0.530. The summed E-state index contributed by atoms with van der Waals surface area (Å²) in [6.45, 7) is 0. The third kappa shape index (κ3) is 3.01. The second-order valence-electron chi connectivity index (χ2n) is 5.88. The van der Waals surface area contributed by atoms with Crippen molar-refractivity contribution in [2.24, 2.45) is 0 Å². The van der Waals surface area contributed by atoms with Gasteiger partial charge in [-0.1, -0.05) is 30.3 Å². The number of aromatic nitrogens is 2. The number of hydrogen-bond acceptors (Lipinski definition) is 2. The Morgan fingerprint density at radius 3 is 2.91 bits per heavy atom. The molecule has 2 N–H and O–H groups in total. The SMILES string of the molecule is O=C(C=Cc1n[nH]c2ccccc12)Nc1cccc(C2CC2)c1. The van der Waals surface area contributed by atoms with E-state index < -0.39 is 0 Å². The van der Waals surface area contributed by atoms with Crippen molar-refractivity contribution >= 4 is 28.6 Å². The quantitative estimate of drug-likeness (QED) is 0.713. The molecule has 3 aromatic rings. The van der Waals surface area contributed by atoms with Crippen molar-refractivity contribution in [2.45, 2.75) is 18.8 Å². The molecule has 4 heteroatoms. The minimum Gasteiger partial charge on any atom is -0.323 e. The van der Waals surface area contributed by atoms with Crippen molar-refractivity contribution in [1.29, 1.82) is 0 Å². The molecule has 0 saturated heterocycles. The maximum atomic E-state index is 12.1. The minimum atomic E-state index is -0.148. The smallest absolute Gasteiger partial charge is 0.248 e. The van der Waals surface area contributed by atoms with Gasteiger partial charge in [-0.3, -0.25) is 9.89 Å². The van der Waals surface area contributed by atoms with Crippen molar-refractivity contribution in [1.82, 2.24) is 10.2 Å². The van der Waals surface area contributed by atoms with Crippen molar-refractivity contribution in [3.05, 3.63) is 65.9 Å². The molecule has 1 heterocycles. The van der Waals surface area contributed by atoms with Crippen molar-refractivity contribution in [2.75, 3.05) is 5.32 Å². The monoisotopic (exact) mass is 303 g/mol. The van der Waals surface area contributed by atoms with Gasteiger partial charge in [0.1, 0.15) is 0 Å². The number of hydrogen-bond donors (Lipinski definition) is 2. The van der Waals surface area contributed by atoms with Gasteiger partial charge in [-0.25, -0.2) is 0 Å². The molecule has 2 aromatic carbocycles. The number of benzene rings is 2. The van der Waals surface area contributed by atoms with Crippen molar-refractivity contribution < 1.29 is 4.79 Å². The number of amides is 1. The third-order valence-corrected chi connectivity index (χ3v) is 4.10. The van der Waals surface area contributed by atoms with Gasteiger partial charge in [-0.05, 0) is 48.6 Å². The highest BCUT2D eigenvalue weighted by Crippen LogP contribution is 2.40. The number of fused-ring (bicyclic) bond motifs is 1. The van der Waals surface area contributed by atoms with Crippen molar-refractivity contribution in [3.8, 4) is 0 Å². The lowest BCUT2D eigenvalue weighted by atomic mass is 10.1.